The van der Waals surface area contributed by atoms with Gasteiger partial charge in [-0.2, -0.15) is 57.7 Å². The molecule has 0 unspecified atom stereocenters. The Hall–Kier alpha value is -4.12. The van der Waals surface area contributed by atoms with E-state index in [-0.39, 0.29) is 57.0 Å². The molecule has 0 aliphatic rings. The molecule has 0 aliphatic carbocycles. The Morgan fingerprint density at radius 3 is 1.13 bits per heavy atom. The molecule has 53 heavy (non-hydrogen) atoms. The second-order valence-corrected chi connectivity index (χ2v) is 12.2. The molecular formula is C37H35F12N3O. The molecule has 0 saturated heterocycles. The van der Waals surface area contributed by atoms with E-state index in [1.807, 2.05) is 0 Å². The normalized spacial score (nSPS) is 12.9. The number of halogens is 12. The predicted molar refractivity (Wildman–Crippen MR) is 173 cm³/mol. The second-order valence-electron chi connectivity index (χ2n) is 12.2. The van der Waals surface area contributed by atoms with Gasteiger partial charge in [-0.1, -0.05) is 72.8 Å². The van der Waals surface area contributed by atoms with E-state index >= 15 is 0 Å². The summed E-state index contributed by atoms with van der Waals surface area (Å²) in [5.74, 6) is 0. The van der Waals surface area contributed by atoms with Gasteiger partial charge in [-0.3, -0.25) is 9.74 Å². The van der Waals surface area contributed by atoms with Crippen LogP contribution in [-0.4, -0.2) is 36.2 Å². The van der Waals surface area contributed by atoms with E-state index in [1.54, 1.807) is 4.90 Å². The van der Waals surface area contributed by atoms with Crippen molar-refractivity contribution in [1.82, 2.24) is 15.3 Å². The van der Waals surface area contributed by atoms with Crippen molar-refractivity contribution in [2.75, 3.05) is 26.2 Å². The van der Waals surface area contributed by atoms with E-state index in [2.05, 4.69) is 5.32 Å². The summed E-state index contributed by atoms with van der Waals surface area (Å²) in [7, 11) is 0. The van der Waals surface area contributed by atoms with Gasteiger partial charge in [0, 0.05) is 39.3 Å². The first kappa shape index (κ1) is 41.6. The minimum atomic E-state index is -4.61. The van der Waals surface area contributed by atoms with Gasteiger partial charge in [0.25, 0.3) is 0 Å². The number of hydrogen-bond donors (Lipinski definition) is 1. The van der Waals surface area contributed by atoms with Gasteiger partial charge in [0.15, 0.2) is 0 Å². The molecule has 0 aliphatic heterocycles. The van der Waals surface area contributed by atoms with Crippen LogP contribution in [0.4, 0.5) is 52.7 Å². The predicted octanol–water partition coefficient (Wildman–Crippen LogP) is 10.4. The molecule has 0 heterocycles. The summed E-state index contributed by atoms with van der Waals surface area (Å²) in [5.41, 5.74) is -2.46. The zero-order valence-corrected chi connectivity index (χ0v) is 27.9. The molecule has 0 atom stereocenters. The Morgan fingerprint density at radius 1 is 0.453 bits per heavy atom. The van der Waals surface area contributed by atoms with Crippen LogP contribution in [0.25, 0.3) is 0 Å². The SMILES string of the molecule is FC(F)(F)c1cccc(CN(CCNCCCON(Cc2cccc(C(F)(F)F)c2)Cc2cccc(C(F)(F)F)c2)Cc2cccc(C(F)(F)F)c2)c1. The highest BCUT2D eigenvalue weighted by Crippen LogP contribution is 2.33. The largest absolute Gasteiger partial charge is 0.416 e. The van der Waals surface area contributed by atoms with Crippen LogP contribution in [0.15, 0.2) is 97.1 Å². The fraction of sp³-hybridized carbons (Fsp3) is 0.351. The van der Waals surface area contributed by atoms with Crippen LogP contribution in [0.2, 0.25) is 0 Å². The third-order valence-corrected chi connectivity index (χ3v) is 7.92. The van der Waals surface area contributed by atoms with Gasteiger partial charge < -0.3 is 5.32 Å². The van der Waals surface area contributed by atoms with E-state index in [1.165, 1.54) is 53.6 Å². The summed E-state index contributed by atoms with van der Waals surface area (Å²) in [6.45, 7) is 0.503. The van der Waals surface area contributed by atoms with Gasteiger partial charge in [-0.15, -0.1) is 0 Å². The van der Waals surface area contributed by atoms with Crippen molar-refractivity contribution < 1.29 is 57.5 Å². The molecule has 4 nitrogen and oxygen atoms in total. The molecule has 1 N–H and O–H groups in total. The van der Waals surface area contributed by atoms with Crippen molar-refractivity contribution >= 4 is 0 Å². The first-order valence-corrected chi connectivity index (χ1v) is 16.2. The van der Waals surface area contributed by atoms with Crippen molar-refractivity contribution in [3.63, 3.8) is 0 Å². The Balaban J connectivity index is 1.37. The van der Waals surface area contributed by atoms with E-state index in [0.717, 1.165) is 48.5 Å². The van der Waals surface area contributed by atoms with E-state index < -0.39 is 47.0 Å². The minimum Gasteiger partial charge on any atom is -0.315 e. The molecule has 0 radical (unpaired) electrons. The second kappa shape index (κ2) is 17.8. The molecule has 0 amide bonds. The maximum absolute atomic E-state index is 13.3. The number of hydroxylamine groups is 2. The molecule has 0 aromatic heterocycles. The van der Waals surface area contributed by atoms with Gasteiger partial charge >= 0.3 is 24.7 Å². The first-order chi connectivity index (χ1) is 24.8. The minimum absolute atomic E-state index is 0.00495. The zero-order chi connectivity index (χ0) is 38.9. The third-order valence-electron chi connectivity index (χ3n) is 7.92. The van der Waals surface area contributed by atoms with Crippen LogP contribution < -0.4 is 5.32 Å². The average molecular weight is 766 g/mol. The molecule has 288 valence electrons. The Morgan fingerprint density at radius 2 is 0.792 bits per heavy atom. The summed E-state index contributed by atoms with van der Waals surface area (Å²) < 4.78 is 160. The molecule has 0 spiro atoms. The first-order valence-electron chi connectivity index (χ1n) is 16.2. The summed E-state index contributed by atoms with van der Waals surface area (Å²) in [6.07, 6.45) is -18.0. The standard InChI is InChI=1S/C37H35F12N3O/c38-34(39,40)30-10-1-6-26(18-30)22-51(23-27-7-2-11-31(19-27)35(41,42)43)16-15-50-14-5-17-53-52(24-28-8-3-12-32(20-28)36(44,45)46)25-29-9-4-13-33(21-29)37(47,48)49/h1-4,6-13,18-21,50H,5,14-17,22-25H2. The number of rotatable bonds is 16. The molecule has 4 aromatic carbocycles. The number of benzene rings is 4. The smallest absolute Gasteiger partial charge is 0.315 e. The fourth-order valence-electron chi connectivity index (χ4n) is 5.42. The number of nitrogens with zero attached hydrogens (tertiary/aromatic N) is 2. The lowest BCUT2D eigenvalue weighted by Crippen LogP contribution is -2.32. The van der Waals surface area contributed by atoms with E-state index in [4.69, 9.17) is 4.84 Å². The monoisotopic (exact) mass is 765 g/mol. The van der Waals surface area contributed by atoms with E-state index in [9.17, 15) is 52.7 Å². The molecule has 4 aromatic rings. The number of hydrogen-bond acceptors (Lipinski definition) is 4. The number of nitrogens with one attached hydrogen (secondary N) is 1. The zero-order valence-electron chi connectivity index (χ0n) is 27.9. The van der Waals surface area contributed by atoms with Gasteiger partial charge in [0.2, 0.25) is 0 Å². The summed E-state index contributed by atoms with van der Waals surface area (Å²) in [4.78, 5) is 7.50. The molecule has 4 rings (SSSR count). The Bertz CT molecular complexity index is 1510. The lowest BCUT2D eigenvalue weighted by molar-refractivity contribution is -0.174. The topological polar surface area (TPSA) is 27.7 Å². The molecule has 0 saturated carbocycles. The van der Waals surface area contributed by atoms with Crippen molar-refractivity contribution in [2.45, 2.75) is 57.3 Å². The van der Waals surface area contributed by atoms with Crippen molar-refractivity contribution in [1.29, 1.82) is 0 Å². The summed E-state index contributed by atoms with van der Waals surface area (Å²) >= 11 is 0. The molecular weight excluding hydrogens is 730 g/mol. The maximum atomic E-state index is 13.3. The highest BCUT2D eigenvalue weighted by atomic mass is 19.4. The molecule has 16 heteroatoms. The average Bonchev–Trinajstić information content (AvgIpc) is 3.07. The van der Waals surface area contributed by atoms with Crippen molar-refractivity contribution in [2.24, 2.45) is 0 Å². The van der Waals surface area contributed by atoms with Crippen LogP contribution in [0, 0.1) is 0 Å². The van der Waals surface area contributed by atoms with Crippen molar-refractivity contribution in [3.8, 4) is 0 Å². The fourth-order valence-corrected chi connectivity index (χ4v) is 5.42. The highest BCUT2D eigenvalue weighted by molar-refractivity contribution is 5.29. The lowest BCUT2D eigenvalue weighted by Gasteiger charge is -2.24. The summed E-state index contributed by atoms with van der Waals surface area (Å²) in [5, 5.41) is 4.39. The number of alkyl halides is 12. The van der Waals surface area contributed by atoms with Gasteiger partial charge in [0.05, 0.1) is 28.9 Å². The van der Waals surface area contributed by atoms with Gasteiger partial charge in [-0.05, 0) is 59.5 Å². The van der Waals surface area contributed by atoms with Crippen LogP contribution in [-0.2, 0) is 55.7 Å². The van der Waals surface area contributed by atoms with Crippen LogP contribution >= 0.6 is 0 Å². The van der Waals surface area contributed by atoms with Gasteiger partial charge in [0.1, 0.15) is 0 Å². The summed E-state index contributed by atoms with van der Waals surface area (Å²) in [6, 6.07) is 18.2. The molecule has 0 fully saturated rings. The van der Waals surface area contributed by atoms with Crippen LogP contribution in [0.5, 0.6) is 0 Å². The third kappa shape index (κ3) is 13.7. The quantitative estimate of drug-likeness (QED) is 0.0699. The van der Waals surface area contributed by atoms with Crippen LogP contribution in [0.1, 0.15) is 50.9 Å². The maximum Gasteiger partial charge on any atom is 0.416 e. The Kier molecular flexibility index (Phi) is 14.0. The van der Waals surface area contributed by atoms with Crippen LogP contribution in [0.3, 0.4) is 0 Å². The van der Waals surface area contributed by atoms with E-state index in [0.29, 0.717) is 24.1 Å². The van der Waals surface area contributed by atoms with Gasteiger partial charge in [-0.25, -0.2) is 0 Å². The lowest BCUT2D eigenvalue weighted by atomic mass is 10.1. The molecule has 0 bridgehead atoms. The highest BCUT2D eigenvalue weighted by Gasteiger charge is 2.33. The Labute approximate surface area is 297 Å². The van der Waals surface area contributed by atoms with Crippen molar-refractivity contribution in [3.05, 3.63) is 142 Å².